The van der Waals surface area contributed by atoms with Crippen LogP contribution in [0.1, 0.15) is 0 Å². The third-order valence-electron chi connectivity index (χ3n) is 0.217. The maximum absolute atomic E-state index is 8.19. The molecule has 3 nitrogen and oxygen atoms in total. The summed E-state index contributed by atoms with van der Waals surface area (Å²) in [6.45, 7) is -3.46. The molecule has 0 spiro atoms. The van der Waals surface area contributed by atoms with Crippen molar-refractivity contribution >= 4 is 30.1 Å². The van der Waals surface area contributed by atoms with Crippen LogP contribution < -0.4 is 0 Å². The molecule has 0 bridgehead atoms. The molecule has 0 saturated carbocycles. The molecule has 0 aromatic rings. The highest BCUT2D eigenvalue weighted by Gasteiger charge is 2.03. The molecule has 0 aromatic heterocycles. The van der Waals surface area contributed by atoms with Gasteiger partial charge in [-0.1, -0.05) is 11.6 Å². The molecular formula is CH4ClO3PS. The maximum atomic E-state index is 8.19. The van der Waals surface area contributed by atoms with Crippen molar-refractivity contribution in [2.45, 2.75) is 0 Å². The highest BCUT2D eigenvalue weighted by atomic mass is 35.5. The Morgan fingerprint density at radius 3 is 2.14 bits per heavy atom. The lowest BCUT2D eigenvalue weighted by atomic mass is 11.7. The quantitative estimate of drug-likeness (QED) is 0.456. The highest BCUT2D eigenvalue weighted by Crippen LogP contribution is 2.36. The Balaban J connectivity index is 3.36. The van der Waals surface area contributed by atoms with E-state index in [1.807, 2.05) is 0 Å². The van der Waals surface area contributed by atoms with Crippen LogP contribution in [-0.4, -0.2) is 15.9 Å². The summed E-state index contributed by atoms with van der Waals surface area (Å²) in [5.74, 6) is 0. The first-order valence-electron chi connectivity index (χ1n) is 1.32. The fourth-order valence-corrected chi connectivity index (χ4v) is 0.931. The molecule has 0 radical (unpaired) electrons. The van der Waals surface area contributed by atoms with E-state index >= 15 is 0 Å². The molecule has 6 heteroatoms. The van der Waals surface area contributed by atoms with Gasteiger partial charge in [-0.15, -0.1) is 0 Å². The van der Waals surface area contributed by atoms with Crippen molar-refractivity contribution in [3.05, 3.63) is 0 Å². The van der Waals surface area contributed by atoms with Crippen LogP contribution in [0.5, 0.6) is 0 Å². The zero-order valence-corrected chi connectivity index (χ0v) is 5.71. The standard InChI is InChI=1S/CH4ClO3PS/c2-1-5-6(3,4)7/h1H2,(H2,3,4,7). The predicted octanol–water partition coefficient (Wildman–Crippen LogP) is 0.408. The Morgan fingerprint density at radius 2 is 2.14 bits per heavy atom. The second-order valence-electron chi connectivity index (χ2n) is 0.729. The van der Waals surface area contributed by atoms with Crippen molar-refractivity contribution in [2.75, 3.05) is 6.07 Å². The summed E-state index contributed by atoms with van der Waals surface area (Å²) in [6.07, 6.45) is 0. The Morgan fingerprint density at radius 1 is 1.71 bits per heavy atom. The first-order valence-corrected chi connectivity index (χ1v) is 4.48. The van der Waals surface area contributed by atoms with Gasteiger partial charge in [0, 0.05) is 0 Å². The maximum Gasteiger partial charge on any atom is 0.323 e. The van der Waals surface area contributed by atoms with E-state index in [0.29, 0.717) is 0 Å². The molecule has 0 fully saturated rings. The van der Waals surface area contributed by atoms with E-state index < -0.39 is 6.72 Å². The fraction of sp³-hybridized carbons (Fsp3) is 1.00. The zero-order valence-electron chi connectivity index (χ0n) is 3.24. The van der Waals surface area contributed by atoms with Crippen molar-refractivity contribution in [3.63, 3.8) is 0 Å². The largest absolute Gasteiger partial charge is 0.325 e. The average molecular weight is 163 g/mol. The number of hydrogen-bond donors (Lipinski definition) is 2. The van der Waals surface area contributed by atoms with Gasteiger partial charge < -0.3 is 9.79 Å². The minimum absolute atomic E-state index is 0.274. The highest BCUT2D eigenvalue weighted by molar-refractivity contribution is 8.06. The molecule has 7 heavy (non-hydrogen) atoms. The summed E-state index contributed by atoms with van der Waals surface area (Å²) in [7, 11) is 0. The van der Waals surface area contributed by atoms with Gasteiger partial charge in [-0.3, -0.25) is 4.52 Å². The summed E-state index contributed by atoms with van der Waals surface area (Å²) >= 11 is 8.90. The Labute approximate surface area is 51.1 Å². The molecule has 0 amide bonds. The smallest absolute Gasteiger partial charge is 0.323 e. The van der Waals surface area contributed by atoms with Gasteiger partial charge in [-0.05, 0) is 11.8 Å². The SMILES string of the molecule is OP(O)(=S)OCCl. The van der Waals surface area contributed by atoms with Crippen LogP contribution in [0.3, 0.4) is 0 Å². The zero-order chi connectivity index (χ0) is 5.91. The summed E-state index contributed by atoms with van der Waals surface area (Å²) < 4.78 is 4.03. The van der Waals surface area contributed by atoms with Gasteiger partial charge in [0.05, 0.1) is 0 Å². The van der Waals surface area contributed by atoms with E-state index in [4.69, 9.17) is 21.4 Å². The normalized spacial score (nSPS) is 11.9. The topological polar surface area (TPSA) is 49.7 Å². The monoisotopic (exact) mass is 162 g/mol. The second kappa shape index (κ2) is 2.97. The third-order valence-corrected chi connectivity index (χ3v) is 1.26. The Hall–Kier alpha value is 0.820. The van der Waals surface area contributed by atoms with Crippen LogP contribution in [0, 0.1) is 0 Å². The van der Waals surface area contributed by atoms with E-state index in [-0.39, 0.29) is 6.07 Å². The summed E-state index contributed by atoms with van der Waals surface area (Å²) in [4.78, 5) is 16.4. The van der Waals surface area contributed by atoms with E-state index in [1.54, 1.807) is 0 Å². The number of hydrogen-bond acceptors (Lipinski definition) is 2. The van der Waals surface area contributed by atoms with Gasteiger partial charge in [0.1, 0.15) is 6.07 Å². The van der Waals surface area contributed by atoms with Crippen LogP contribution in [-0.2, 0) is 16.3 Å². The van der Waals surface area contributed by atoms with Gasteiger partial charge in [0.2, 0.25) is 0 Å². The van der Waals surface area contributed by atoms with Gasteiger partial charge in [-0.2, -0.15) is 0 Å². The first kappa shape index (κ1) is 7.82. The predicted molar refractivity (Wildman–Crippen MR) is 30.5 cm³/mol. The van der Waals surface area contributed by atoms with Crippen LogP contribution in [0.4, 0.5) is 0 Å². The summed E-state index contributed by atoms with van der Waals surface area (Å²) in [5, 5.41) is 0. The molecule has 2 N–H and O–H groups in total. The molecule has 0 aliphatic carbocycles. The van der Waals surface area contributed by atoms with Gasteiger partial charge >= 0.3 is 6.72 Å². The van der Waals surface area contributed by atoms with Crippen LogP contribution in [0.2, 0.25) is 0 Å². The average Bonchev–Trinajstić information content (AvgIpc) is 1.30. The van der Waals surface area contributed by atoms with Crippen LogP contribution >= 0.6 is 18.3 Å². The van der Waals surface area contributed by atoms with E-state index in [0.717, 1.165) is 0 Å². The third kappa shape index (κ3) is 6.82. The number of halogens is 1. The van der Waals surface area contributed by atoms with Crippen LogP contribution in [0.15, 0.2) is 0 Å². The van der Waals surface area contributed by atoms with E-state index in [1.165, 1.54) is 0 Å². The molecule has 0 rings (SSSR count). The molecule has 0 heterocycles. The second-order valence-corrected chi connectivity index (χ2v) is 3.61. The lowest BCUT2D eigenvalue weighted by Gasteiger charge is -2.01. The Bertz CT molecular complexity index is 88.9. The molecule has 0 aliphatic heterocycles. The molecule has 44 valence electrons. The number of rotatable bonds is 2. The lowest BCUT2D eigenvalue weighted by Crippen LogP contribution is -1.81. The number of alkyl halides is 1. The lowest BCUT2D eigenvalue weighted by molar-refractivity contribution is 0.292. The fourth-order valence-electron chi connectivity index (χ4n) is 0.0636. The molecule has 0 unspecified atom stereocenters. The van der Waals surface area contributed by atoms with Crippen molar-refractivity contribution in [1.29, 1.82) is 0 Å². The van der Waals surface area contributed by atoms with Crippen molar-refractivity contribution < 1.29 is 14.3 Å². The summed E-state index contributed by atoms with van der Waals surface area (Å²) in [6, 6.07) is -0.274. The Kier molecular flexibility index (Phi) is 3.32. The van der Waals surface area contributed by atoms with E-state index in [9.17, 15) is 0 Å². The van der Waals surface area contributed by atoms with Gasteiger partial charge in [-0.25, -0.2) is 0 Å². The molecule has 0 aliphatic rings. The molecule has 0 saturated heterocycles. The molecule has 0 aromatic carbocycles. The van der Waals surface area contributed by atoms with Gasteiger partial charge in [0.15, 0.2) is 0 Å². The minimum Gasteiger partial charge on any atom is -0.325 e. The van der Waals surface area contributed by atoms with Crippen molar-refractivity contribution in [3.8, 4) is 0 Å². The van der Waals surface area contributed by atoms with Crippen molar-refractivity contribution in [2.24, 2.45) is 0 Å². The minimum atomic E-state index is -3.46. The van der Waals surface area contributed by atoms with Gasteiger partial charge in [0.25, 0.3) is 0 Å². The van der Waals surface area contributed by atoms with E-state index in [2.05, 4.69) is 16.3 Å². The van der Waals surface area contributed by atoms with Crippen LogP contribution in [0.25, 0.3) is 0 Å². The first-order chi connectivity index (χ1) is 3.06. The van der Waals surface area contributed by atoms with Crippen molar-refractivity contribution in [1.82, 2.24) is 0 Å². The molecule has 0 atom stereocenters. The molecular weight excluding hydrogens is 159 g/mol. The summed E-state index contributed by atoms with van der Waals surface area (Å²) in [5.41, 5.74) is 0.